The van der Waals surface area contributed by atoms with Crippen LogP contribution >= 0.6 is 11.3 Å². The number of nitrogens with one attached hydrogen (secondary N) is 2. The van der Waals surface area contributed by atoms with Gasteiger partial charge in [-0.15, -0.1) is 11.3 Å². The molecule has 146 valence electrons. The number of hydrogen-bond donors (Lipinski definition) is 2. The molecular weight excluding hydrogens is 384 g/mol. The number of carbonyl (C=O) groups excluding carboxylic acids is 1. The normalized spacial score (nSPS) is 16.1. The molecule has 4 rings (SSSR count). The zero-order valence-corrected chi connectivity index (χ0v) is 15.8. The third-order valence-electron chi connectivity index (χ3n) is 4.67. The summed E-state index contributed by atoms with van der Waals surface area (Å²) < 4.78 is 26.9. The Morgan fingerprint density at radius 3 is 2.75 bits per heavy atom. The molecule has 0 bridgehead atoms. The first-order valence-electron chi connectivity index (χ1n) is 8.97. The molecule has 1 amide bonds. The summed E-state index contributed by atoms with van der Waals surface area (Å²) in [6.07, 6.45) is -0.404. The number of aromatic amines is 1. The van der Waals surface area contributed by atoms with E-state index in [1.165, 1.54) is 11.3 Å². The van der Waals surface area contributed by atoms with Crippen LogP contribution < -0.4 is 10.2 Å². The highest BCUT2D eigenvalue weighted by atomic mass is 32.1. The van der Waals surface area contributed by atoms with Crippen molar-refractivity contribution < 1.29 is 13.6 Å². The van der Waals surface area contributed by atoms with Gasteiger partial charge in [-0.2, -0.15) is 5.10 Å². The van der Waals surface area contributed by atoms with Crippen LogP contribution in [0.15, 0.2) is 41.8 Å². The molecule has 2 aromatic heterocycles. The number of anilines is 1. The van der Waals surface area contributed by atoms with Gasteiger partial charge in [0.15, 0.2) is 5.82 Å². The van der Waals surface area contributed by atoms with Crippen LogP contribution in [0, 0.1) is 0 Å². The summed E-state index contributed by atoms with van der Waals surface area (Å²) in [5.41, 5.74) is 1.14. The molecule has 3 aromatic rings. The summed E-state index contributed by atoms with van der Waals surface area (Å²) >= 11 is 1.54. The third-order valence-corrected chi connectivity index (χ3v) is 5.54. The fourth-order valence-corrected chi connectivity index (χ4v) is 3.82. The van der Waals surface area contributed by atoms with Crippen molar-refractivity contribution >= 4 is 22.9 Å². The second kappa shape index (κ2) is 7.67. The van der Waals surface area contributed by atoms with E-state index in [4.69, 9.17) is 0 Å². The summed E-state index contributed by atoms with van der Waals surface area (Å²) in [5.74, 6) is -1.76. The van der Waals surface area contributed by atoms with Gasteiger partial charge in [-0.25, -0.2) is 13.8 Å². The third kappa shape index (κ3) is 4.04. The van der Waals surface area contributed by atoms with Gasteiger partial charge in [0.2, 0.25) is 0 Å². The fourth-order valence-electron chi connectivity index (χ4n) is 3.17. The first kappa shape index (κ1) is 18.5. The van der Waals surface area contributed by atoms with E-state index in [1.54, 1.807) is 18.2 Å². The van der Waals surface area contributed by atoms with Crippen LogP contribution in [0.1, 0.15) is 29.0 Å². The number of aromatic nitrogens is 3. The van der Waals surface area contributed by atoms with Crippen LogP contribution in [0.3, 0.4) is 0 Å². The summed E-state index contributed by atoms with van der Waals surface area (Å²) in [6, 6.07) is 10.9. The lowest BCUT2D eigenvalue weighted by molar-refractivity contribution is -0.0220. The van der Waals surface area contributed by atoms with E-state index in [-0.39, 0.29) is 38.4 Å². The number of rotatable bonds is 5. The molecule has 1 aliphatic rings. The molecule has 0 atom stereocenters. The Hall–Kier alpha value is -2.81. The van der Waals surface area contributed by atoms with Crippen molar-refractivity contribution in [1.82, 2.24) is 20.5 Å². The highest BCUT2D eigenvalue weighted by Crippen LogP contribution is 2.31. The lowest BCUT2D eigenvalue weighted by Crippen LogP contribution is -2.40. The molecule has 0 unspecified atom stereocenters. The monoisotopic (exact) mass is 403 g/mol. The zero-order chi connectivity index (χ0) is 19.6. The first-order chi connectivity index (χ1) is 13.5. The maximum atomic E-state index is 13.4. The number of para-hydroxylation sites is 1. The predicted molar refractivity (Wildman–Crippen MR) is 104 cm³/mol. The number of piperidine rings is 1. The van der Waals surface area contributed by atoms with E-state index >= 15 is 0 Å². The van der Waals surface area contributed by atoms with Crippen LogP contribution in [0.4, 0.5) is 14.5 Å². The van der Waals surface area contributed by atoms with E-state index < -0.39 is 5.92 Å². The minimum Gasteiger partial charge on any atom is -0.370 e. The fraction of sp³-hybridized carbons (Fsp3) is 0.316. The highest BCUT2D eigenvalue weighted by molar-refractivity contribution is 7.13. The average molecular weight is 403 g/mol. The van der Waals surface area contributed by atoms with Crippen molar-refractivity contribution in [3.63, 3.8) is 0 Å². The second-order valence-corrected chi connectivity index (χ2v) is 7.57. The largest absolute Gasteiger partial charge is 0.370 e. The summed E-state index contributed by atoms with van der Waals surface area (Å²) in [6.45, 7) is 0.650. The topological polar surface area (TPSA) is 73.9 Å². The number of amides is 1. The van der Waals surface area contributed by atoms with Crippen LogP contribution in [0.2, 0.25) is 0 Å². The lowest BCUT2D eigenvalue weighted by atomic mass is 10.0. The van der Waals surface area contributed by atoms with Crippen LogP contribution in [0.25, 0.3) is 10.7 Å². The standard InChI is InChI=1S/C19H19F2N5OS/c20-19(21)7-9-26(10-8-19)14-5-2-1-4-13(14)18(27)22-12-16-23-17(25-24-16)15-6-3-11-28-15/h1-6,11H,7-10,12H2,(H,22,27)(H,23,24,25). The summed E-state index contributed by atoms with van der Waals surface area (Å²) in [5, 5.41) is 11.8. The Labute approximate surface area is 164 Å². The number of nitrogens with zero attached hydrogens (tertiary/aromatic N) is 3. The maximum Gasteiger partial charge on any atom is 0.253 e. The van der Waals surface area contributed by atoms with Gasteiger partial charge < -0.3 is 10.2 Å². The van der Waals surface area contributed by atoms with E-state index in [0.29, 0.717) is 22.9 Å². The molecular formula is C19H19F2N5OS. The van der Waals surface area contributed by atoms with Gasteiger partial charge in [-0.1, -0.05) is 18.2 Å². The average Bonchev–Trinajstić information content (AvgIpc) is 3.38. The number of hydrogen-bond acceptors (Lipinski definition) is 5. The van der Waals surface area contributed by atoms with Gasteiger partial charge in [0.05, 0.1) is 17.0 Å². The molecule has 0 spiro atoms. The van der Waals surface area contributed by atoms with Gasteiger partial charge in [0.1, 0.15) is 5.82 Å². The van der Waals surface area contributed by atoms with Gasteiger partial charge in [-0.05, 0) is 23.6 Å². The number of carbonyl (C=O) groups is 1. The first-order valence-corrected chi connectivity index (χ1v) is 9.85. The number of alkyl halides is 2. The predicted octanol–water partition coefficient (Wildman–Crippen LogP) is 3.70. The van der Waals surface area contributed by atoms with Crippen molar-refractivity contribution in [1.29, 1.82) is 0 Å². The summed E-state index contributed by atoms with van der Waals surface area (Å²) in [4.78, 5) is 19.9. The molecule has 9 heteroatoms. The minimum absolute atomic E-state index is 0.198. The Bertz CT molecular complexity index is 947. The number of H-pyrrole nitrogens is 1. The highest BCUT2D eigenvalue weighted by Gasteiger charge is 2.34. The van der Waals surface area contributed by atoms with E-state index in [1.807, 2.05) is 28.5 Å². The molecule has 0 saturated carbocycles. The van der Waals surface area contributed by atoms with E-state index in [9.17, 15) is 13.6 Å². The quantitative estimate of drug-likeness (QED) is 0.681. The van der Waals surface area contributed by atoms with Crippen molar-refractivity contribution in [3.8, 4) is 10.7 Å². The lowest BCUT2D eigenvalue weighted by Gasteiger charge is -2.34. The van der Waals surface area contributed by atoms with E-state index in [0.717, 1.165) is 4.88 Å². The van der Waals surface area contributed by atoms with Crippen molar-refractivity contribution in [2.75, 3.05) is 18.0 Å². The Morgan fingerprint density at radius 2 is 2.00 bits per heavy atom. The summed E-state index contributed by atoms with van der Waals surface area (Å²) in [7, 11) is 0. The molecule has 0 aliphatic carbocycles. The molecule has 3 heterocycles. The molecule has 1 saturated heterocycles. The minimum atomic E-state index is -2.62. The van der Waals surface area contributed by atoms with Crippen LogP contribution in [-0.4, -0.2) is 40.1 Å². The molecule has 2 N–H and O–H groups in total. The maximum absolute atomic E-state index is 13.4. The second-order valence-electron chi connectivity index (χ2n) is 6.63. The molecule has 0 radical (unpaired) electrons. The number of benzene rings is 1. The molecule has 28 heavy (non-hydrogen) atoms. The molecule has 1 aliphatic heterocycles. The Morgan fingerprint density at radius 1 is 1.21 bits per heavy atom. The number of halogens is 2. The molecule has 1 aromatic carbocycles. The smallest absolute Gasteiger partial charge is 0.253 e. The van der Waals surface area contributed by atoms with Crippen molar-refractivity contribution in [2.45, 2.75) is 25.3 Å². The zero-order valence-electron chi connectivity index (χ0n) is 15.0. The van der Waals surface area contributed by atoms with Crippen molar-refractivity contribution in [3.05, 3.63) is 53.2 Å². The molecule has 1 fully saturated rings. The van der Waals surface area contributed by atoms with Crippen LogP contribution in [0.5, 0.6) is 0 Å². The number of thiophene rings is 1. The molecule has 6 nitrogen and oxygen atoms in total. The van der Waals surface area contributed by atoms with E-state index in [2.05, 4.69) is 20.5 Å². The van der Waals surface area contributed by atoms with Gasteiger partial charge in [0, 0.05) is 31.6 Å². The Balaban J connectivity index is 1.43. The van der Waals surface area contributed by atoms with Crippen LogP contribution in [-0.2, 0) is 6.54 Å². The SMILES string of the molecule is O=C(NCc1nc(-c2cccs2)n[nH]1)c1ccccc1N1CCC(F)(F)CC1. The van der Waals surface area contributed by atoms with Gasteiger partial charge in [0.25, 0.3) is 11.8 Å². The van der Waals surface area contributed by atoms with Gasteiger partial charge >= 0.3 is 0 Å². The van der Waals surface area contributed by atoms with Crippen molar-refractivity contribution in [2.24, 2.45) is 0 Å². The van der Waals surface area contributed by atoms with Gasteiger partial charge in [-0.3, -0.25) is 9.89 Å². The Kier molecular flexibility index (Phi) is 5.08.